The molecular formula is C16H23N3OS3. The van der Waals surface area contributed by atoms with Crippen LogP contribution in [0.3, 0.4) is 0 Å². The number of carbonyl (C=O) groups is 1. The number of nitrogens with zero attached hydrogens (tertiary/aromatic N) is 2. The lowest BCUT2D eigenvalue weighted by atomic mass is 9.93. The molecular weight excluding hydrogens is 346 g/mol. The number of hydrogen-bond acceptors (Lipinski definition) is 6. The lowest BCUT2D eigenvalue weighted by molar-refractivity contribution is -0.113. The van der Waals surface area contributed by atoms with Gasteiger partial charge in [0.15, 0.2) is 9.47 Å². The second kappa shape index (κ2) is 6.91. The first-order chi connectivity index (χ1) is 10.6. The van der Waals surface area contributed by atoms with Gasteiger partial charge in [-0.25, -0.2) is 9.97 Å². The van der Waals surface area contributed by atoms with Crippen molar-refractivity contribution in [1.29, 1.82) is 0 Å². The number of anilines is 1. The lowest BCUT2D eigenvalue weighted by Gasteiger charge is -2.14. The van der Waals surface area contributed by atoms with Gasteiger partial charge in [-0.3, -0.25) is 4.79 Å². The van der Waals surface area contributed by atoms with Crippen LogP contribution in [-0.2, 0) is 15.6 Å². The molecule has 0 bridgehead atoms. The highest BCUT2D eigenvalue weighted by molar-refractivity contribution is 8.01. The van der Waals surface area contributed by atoms with Crippen LogP contribution in [0.5, 0.6) is 0 Å². The summed E-state index contributed by atoms with van der Waals surface area (Å²) < 4.78 is 0.930. The zero-order valence-electron chi connectivity index (χ0n) is 14.4. The van der Waals surface area contributed by atoms with Gasteiger partial charge >= 0.3 is 0 Å². The van der Waals surface area contributed by atoms with E-state index in [4.69, 9.17) is 0 Å². The second-order valence-electron chi connectivity index (χ2n) is 7.37. The molecule has 0 aliphatic rings. The molecule has 1 N–H and O–H groups in total. The van der Waals surface area contributed by atoms with Crippen molar-refractivity contribution >= 4 is 45.5 Å². The van der Waals surface area contributed by atoms with Crippen LogP contribution in [0.1, 0.15) is 52.9 Å². The van der Waals surface area contributed by atoms with Gasteiger partial charge in [0.05, 0.1) is 17.1 Å². The van der Waals surface area contributed by atoms with Crippen LogP contribution in [0.15, 0.2) is 15.1 Å². The van der Waals surface area contributed by atoms with Crippen LogP contribution in [0.2, 0.25) is 0 Å². The van der Waals surface area contributed by atoms with Crippen molar-refractivity contribution in [3.63, 3.8) is 0 Å². The normalized spacial score (nSPS) is 12.4. The average Bonchev–Trinajstić information content (AvgIpc) is 3.03. The van der Waals surface area contributed by atoms with Crippen LogP contribution in [0.25, 0.3) is 0 Å². The van der Waals surface area contributed by atoms with Gasteiger partial charge in [-0.15, -0.1) is 22.7 Å². The minimum Gasteiger partial charge on any atom is -0.301 e. The molecule has 2 aromatic heterocycles. The zero-order valence-corrected chi connectivity index (χ0v) is 16.8. The van der Waals surface area contributed by atoms with Crippen molar-refractivity contribution in [2.45, 2.75) is 56.7 Å². The number of aromatic nitrogens is 2. The summed E-state index contributed by atoms with van der Waals surface area (Å²) in [6, 6.07) is 0. The summed E-state index contributed by atoms with van der Waals surface area (Å²) in [7, 11) is 0. The highest BCUT2D eigenvalue weighted by Crippen LogP contribution is 2.30. The summed E-state index contributed by atoms with van der Waals surface area (Å²) in [6.07, 6.45) is 0. The molecule has 7 heteroatoms. The Labute approximate surface area is 150 Å². The van der Waals surface area contributed by atoms with E-state index in [9.17, 15) is 4.79 Å². The highest BCUT2D eigenvalue weighted by atomic mass is 32.2. The number of carbonyl (C=O) groups excluding carboxylic acids is 1. The molecule has 1 amide bonds. The van der Waals surface area contributed by atoms with E-state index < -0.39 is 0 Å². The van der Waals surface area contributed by atoms with E-state index in [1.807, 2.05) is 5.38 Å². The molecule has 0 saturated heterocycles. The Kier molecular flexibility index (Phi) is 5.53. The topological polar surface area (TPSA) is 54.9 Å². The minimum absolute atomic E-state index is 0.00151. The Balaban J connectivity index is 1.88. The predicted molar refractivity (Wildman–Crippen MR) is 101 cm³/mol. The molecule has 0 unspecified atom stereocenters. The summed E-state index contributed by atoms with van der Waals surface area (Å²) in [6.45, 7) is 12.7. The first kappa shape index (κ1) is 18.4. The number of nitrogens with one attached hydrogen (secondary N) is 1. The molecule has 4 nitrogen and oxygen atoms in total. The Bertz CT molecular complexity index is 677. The first-order valence-electron chi connectivity index (χ1n) is 7.40. The van der Waals surface area contributed by atoms with Gasteiger partial charge in [0.1, 0.15) is 0 Å². The van der Waals surface area contributed by atoms with Crippen molar-refractivity contribution in [3.8, 4) is 0 Å². The third-order valence-corrected chi connectivity index (χ3v) is 5.88. The standard InChI is InChI=1S/C16H23N3OS3/c1-15(2,3)10-7-21-13(17-10)19-12(20)9-23-14-18-11(8-22-14)16(4,5)6/h7-8H,9H2,1-6H3,(H,17,19,20). The summed E-state index contributed by atoms with van der Waals surface area (Å²) >= 11 is 4.53. The molecule has 23 heavy (non-hydrogen) atoms. The fraction of sp³-hybridized carbons (Fsp3) is 0.562. The molecule has 0 fully saturated rings. The smallest absolute Gasteiger partial charge is 0.236 e. The van der Waals surface area contributed by atoms with Crippen molar-refractivity contribution in [2.75, 3.05) is 11.1 Å². The van der Waals surface area contributed by atoms with Crippen LogP contribution >= 0.6 is 34.4 Å². The lowest BCUT2D eigenvalue weighted by Crippen LogP contribution is -2.15. The average molecular weight is 370 g/mol. The number of thiazole rings is 2. The quantitative estimate of drug-likeness (QED) is 0.777. The number of amides is 1. The zero-order chi connectivity index (χ0) is 17.3. The summed E-state index contributed by atoms with van der Waals surface area (Å²) in [5, 5.41) is 7.59. The van der Waals surface area contributed by atoms with E-state index in [-0.39, 0.29) is 16.7 Å². The van der Waals surface area contributed by atoms with E-state index in [1.54, 1.807) is 11.3 Å². The first-order valence-corrected chi connectivity index (χ1v) is 10.1. The maximum Gasteiger partial charge on any atom is 0.236 e. The molecule has 0 aliphatic heterocycles. The number of hydrogen-bond donors (Lipinski definition) is 1. The SMILES string of the molecule is CC(C)(C)c1csc(NC(=O)CSc2nc(C(C)(C)C)cs2)n1. The maximum absolute atomic E-state index is 12.1. The van der Waals surface area contributed by atoms with Gasteiger partial charge in [-0.2, -0.15) is 0 Å². The molecule has 0 spiro atoms. The van der Waals surface area contributed by atoms with Crippen LogP contribution in [-0.4, -0.2) is 21.6 Å². The highest BCUT2D eigenvalue weighted by Gasteiger charge is 2.19. The third kappa shape index (κ3) is 5.29. The molecule has 0 aliphatic carbocycles. The van der Waals surface area contributed by atoms with Crippen LogP contribution < -0.4 is 5.32 Å². The predicted octanol–water partition coefficient (Wildman–Crippen LogP) is 4.93. The van der Waals surface area contributed by atoms with E-state index in [0.29, 0.717) is 10.9 Å². The fourth-order valence-electron chi connectivity index (χ4n) is 1.63. The van der Waals surface area contributed by atoms with Gasteiger partial charge in [0, 0.05) is 21.6 Å². The maximum atomic E-state index is 12.1. The van der Waals surface area contributed by atoms with Gasteiger partial charge in [-0.05, 0) is 0 Å². The minimum atomic E-state index is -0.0442. The molecule has 2 aromatic rings. The van der Waals surface area contributed by atoms with Gasteiger partial charge in [0.2, 0.25) is 5.91 Å². The molecule has 2 rings (SSSR count). The Hall–Kier alpha value is -0.920. The van der Waals surface area contributed by atoms with Crippen molar-refractivity contribution in [2.24, 2.45) is 0 Å². The van der Waals surface area contributed by atoms with Gasteiger partial charge in [-0.1, -0.05) is 53.3 Å². The van der Waals surface area contributed by atoms with E-state index in [0.717, 1.165) is 15.7 Å². The summed E-state index contributed by atoms with van der Waals surface area (Å²) in [5.74, 6) is 0.305. The van der Waals surface area contributed by atoms with E-state index in [1.165, 1.54) is 23.1 Å². The molecule has 2 heterocycles. The van der Waals surface area contributed by atoms with Gasteiger partial charge < -0.3 is 5.32 Å². The number of thioether (sulfide) groups is 1. The van der Waals surface area contributed by atoms with E-state index in [2.05, 4.69) is 62.2 Å². The monoisotopic (exact) mass is 369 g/mol. The number of rotatable bonds is 4. The Morgan fingerprint density at radius 2 is 1.61 bits per heavy atom. The second-order valence-corrected chi connectivity index (χ2v) is 10.3. The summed E-state index contributed by atoms with van der Waals surface area (Å²) in [5.41, 5.74) is 2.11. The third-order valence-electron chi connectivity index (χ3n) is 3.10. The molecule has 0 saturated carbocycles. The molecule has 0 aromatic carbocycles. The fourth-order valence-corrected chi connectivity index (χ4v) is 4.43. The van der Waals surface area contributed by atoms with Crippen molar-refractivity contribution < 1.29 is 4.79 Å². The largest absolute Gasteiger partial charge is 0.301 e. The molecule has 126 valence electrons. The van der Waals surface area contributed by atoms with Crippen molar-refractivity contribution in [3.05, 3.63) is 22.1 Å². The van der Waals surface area contributed by atoms with E-state index >= 15 is 0 Å². The van der Waals surface area contributed by atoms with Gasteiger partial charge in [0.25, 0.3) is 0 Å². The molecule has 0 radical (unpaired) electrons. The van der Waals surface area contributed by atoms with Crippen LogP contribution in [0.4, 0.5) is 5.13 Å². The summed E-state index contributed by atoms with van der Waals surface area (Å²) in [4.78, 5) is 21.1. The molecule has 0 atom stereocenters. The Morgan fingerprint density at radius 1 is 1.04 bits per heavy atom. The van der Waals surface area contributed by atoms with Crippen molar-refractivity contribution in [1.82, 2.24) is 9.97 Å². The van der Waals surface area contributed by atoms with Crippen LogP contribution in [0, 0.1) is 0 Å². The Morgan fingerprint density at radius 3 is 2.13 bits per heavy atom.